The average Bonchev–Trinajstić information content (AvgIpc) is 3.21. The molecule has 0 radical (unpaired) electrons. The third kappa shape index (κ3) is 7.18. The van der Waals surface area contributed by atoms with E-state index in [1.807, 2.05) is 0 Å². The zero-order valence-corrected chi connectivity index (χ0v) is 16.9. The van der Waals surface area contributed by atoms with Crippen LogP contribution in [0.4, 0.5) is 10.2 Å². The second-order valence-electron chi connectivity index (χ2n) is 6.26. The largest absolute Gasteiger partial charge is 1.00 e. The van der Waals surface area contributed by atoms with Crippen LogP contribution < -0.4 is 58.9 Å². The molecule has 2 N–H and O–H groups in total. The molecule has 144 valence electrons. The summed E-state index contributed by atoms with van der Waals surface area (Å²) in [4.78, 5) is 48.2. The Morgan fingerprint density at radius 3 is 2.61 bits per heavy atom. The third-order valence-corrected chi connectivity index (χ3v) is 4.22. The maximum Gasteiger partial charge on any atom is 1.00 e. The number of phosphoric acid groups is 1. The Balaban J connectivity index is 0.00000364. The summed E-state index contributed by atoms with van der Waals surface area (Å²) in [5.74, 6) is -2.42. The van der Waals surface area contributed by atoms with Crippen molar-refractivity contribution in [2.45, 2.75) is 20.3 Å². The van der Waals surface area contributed by atoms with Gasteiger partial charge < -0.3 is 29.3 Å². The molecule has 0 saturated heterocycles. The van der Waals surface area contributed by atoms with Crippen LogP contribution in [0.15, 0.2) is 16.6 Å². The maximum atomic E-state index is 13.5. The first kappa shape index (κ1) is 27.1. The second-order valence-corrected chi connectivity index (χ2v) is 7.41. The number of carbonyl (C=O) groups is 1. The van der Waals surface area contributed by atoms with E-state index in [4.69, 9.17) is 10.5 Å². The Morgan fingerprint density at radius 2 is 2.07 bits per heavy atom. The molecule has 1 saturated carbocycles. The van der Waals surface area contributed by atoms with Crippen molar-refractivity contribution in [1.82, 2.24) is 9.55 Å². The summed E-state index contributed by atoms with van der Waals surface area (Å²) < 4.78 is 34.4. The zero-order valence-electron chi connectivity index (χ0n) is 16.0. The molecule has 1 aliphatic carbocycles. The van der Waals surface area contributed by atoms with Gasteiger partial charge in [-0.15, -0.1) is 0 Å². The van der Waals surface area contributed by atoms with Gasteiger partial charge in [0.25, 0.3) is 0 Å². The predicted molar refractivity (Wildman–Crippen MR) is 83.5 cm³/mol. The van der Waals surface area contributed by atoms with E-state index in [0.717, 1.165) is 10.8 Å². The molecule has 2 rings (SSSR count). The van der Waals surface area contributed by atoms with Crippen molar-refractivity contribution in [1.29, 1.82) is 0 Å². The number of aromatic nitrogens is 2. The van der Waals surface area contributed by atoms with Crippen LogP contribution in [0.3, 0.4) is 0 Å². The summed E-state index contributed by atoms with van der Waals surface area (Å²) in [6, 6.07) is 0. The van der Waals surface area contributed by atoms with E-state index in [-0.39, 0.29) is 50.7 Å². The van der Waals surface area contributed by atoms with E-state index in [9.17, 15) is 28.3 Å². The maximum absolute atomic E-state index is 13.5. The van der Waals surface area contributed by atoms with Gasteiger partial charge in [-0.1, -0.05) is 13.8 Å². The molecule has 28 heavy (non-hydrogen) atoms. The quantitative estimate of drug-likeness (QED) is 0.265. The summed E-state index contributed by atoms with van der Waals surface area (Å²) in [5.41, 5.74) is 3.68. The van der Waals surface area contributed by atoms with E-state index in [1.54, 1.807) is 13.8 Å². The van der Waals surface area contributed by atoms with Gasteiger partial charge in [0.15, 0.2) is 11.6 Å². The molecule has 0 spiro atoms. The molecule has 0 unspecified atom stereocenters. The Labute approximate surface area is 184 Å². The van der Waals surface area contributed by atoms with Crippen molar-refractivity contribution >= 4 is 25.8 Å². The first-order chi connectivity index (χ1) is 11.9. The number of nitrogens with two attached hydrogens (primary N) is 1. The van der Waals surface area contributed by atoms with E-state index in [2.05, 4.69) is 9.51 Å². The minimum absolute atomic E-state index is 0. The molecule has 0 bridgehead atoms. The number of halogens is 1. The predicted octanol–water partition coefficient (Wildman–Crippen LogP) is -6.75. The van der Waals surface area contributed by atoms with Crippen LogP contribution in [-0.4, -0.2) is 28.7 Å². The number of hydrogen-bond acceptors (Lipinski definition) is 9. The van der Waals surface area contributed by atoms with Crippen molar-refractivity contribution in [3.05, 3.63) is 28.1 Å². The van der Waals surface area contributed by atoms with Gasteiger partial charge in [-0.05, 0) is 12.0 Å². The Bertz CT molecular complexity index is 858. The van der Waals surface area contributed by atoms with Crippen LogP contribution in [0.25, 0.3) is 6.20 Å². The normalized spacial score (nSPS) is 19.7. The monoisotopic (exact) mass is 403 g/mol. The molecule has 1 heterocycles. The van der Waals surface area contributed by atoms with Gasteiger partial charge in [0.2, 0.25) is 0 Å². The van der Waals surface area contributed by atoms with Gasteiger partial charge >= 0.3 is 49.4 Å². The summed E-state index contributed by atoms with van der Waals surface area (Å²) in [6.45, 7) is 2.41. The Kier molecular flexibility index (Phi) is 9.92. The Hall–Kier alpha value is -0.875. The van der Waals surface area contributed by atoms with Gasteiger partial charge in [-0.2, -0.15) is 4.98 Å². The average molecular weight is 403 g/mol. The number of esters is 1. The number of ether oxygens (including phenoxy) is 1. The van der Waals surface area contributed by atoms with Gasteiger partial charge in [0.05, 0.1) is 32.0 Å². The molecule has 14 heteroatoms. The van der Waals surface area contributed by atoms with E-state index < -0.39 is 49.1 Å². The number of rotatable bonds is 7. The van der Waals surface area contributed by atoms with E-state index >= 15 is 0 Å². The molecule has 0 aliphatic heterocycles. The van der Waals surface area contributed by atoms with E-state index in [0.29, 0.717) is 5.57 Å². The van der Waals surface area contributed by atoms with Crippen molar-refractivity contribution in [3.8, 4) is 0 Å². The standard InChI is InChI=1S/C14H19FN3O7P.2Li/c1-8(2)12(19)24-6-14(7-25-26(21,22)23)3-9(14)4-18-5-10(15)11(16)17-13(18)20;;/h4-5,8H,3,6-7H2,1-2H3,(H2,16,17,20)(H2,21,22,23);;/q;2*+1/p-2/b9-4-;;/t14-;;/m0../s1. The number of anilines is 1. The molecule has 1 aromatic rings. The van der Waals surface area contributed by atoms with Gasteiger partial charge in [0.1, 0.15) is 6.61 Å². The fourth-order valence-corrected chi connectivity index (χ4v) is 2.53. The molecule has 1 aliphatic rings. The summed E-state index contributed by atoms with van der Waals surface area (Å²) >= 11 is 0. The van der Waals surface area contributed by atoms with Crippen molar-refractivity contribution in [2.24, 2.45) is 11.3 Å². The topological polar surface area (TPSA) is 160 Å². The van der Waals surface area contributed by atoms with Gasteiger partial charge in [0, 0.05) is 6.20 Å². The van der Waals surface area contributed by atoms with Crippen LogP contribution >= 0.6 is 7.82 Å². The van der Waals surface area contributed by atoms with Crippen molar-refractivity contribution in [3.63, 3.8) is 0 Å². The molecule has 1 aromatic heterocycles. The smallest absolute Gasteiger partial charge is 0.790 e. The van der Waals surface area contributed by atoms with Crippen LogP contribution in [0.5, 0.6) is 0 Å². The second kappa shape index (κ2) is 10.2. The molecule has 0 amide bonds. The molecule has 0 aromatic carbocycles. The molecular weight excluding hydrogens is 386 g/mol. The van der Waals surface area contributed by atoms with Crippen LogP contribution in [0.2, 0.25) is 0 Å². The number of phosphoric ester groups is 1. The minimum Gasteiger partial charge on any atom is -0.790 e. The van der Waals surface area contributed by atoms with Crippen LogP contribution in [0, 0.1) is 17.2 Å². The number of hydrogen-bond donors (Lipinski definition) is 1. The van der Waals surface area contributed by atoms with Crippen molar-refractivity contribution in [2.75, 3.05) is 18.9 Å². The summed E-state index contributed by atoms with van der Waals surface area (Å²) in [6.07, 6.45) is 2.20. The minimum atomic E-state index is -5.25. The number of nitrogens with zero attached hydrogens (tertiary/aromatic N) is 2. The zero-order chi connectivity index (χ0) is 19.7. The Morgan fingerprint density at radius 1 is 1.46 bits per heavy atom. The molecule has 1 atom stereocenters. The molecule has 10 nitrogen and oxygen atoms in total. The van der Waals surface area contributed by atoms with Crippen LogP contribution in [-0.2, 0) is 18.6 Å². The van der Waals surface area contributed by atoms with Crippen LogP contribution in [0.1, 0.15) is 20.3 Å². The van der Waals surface area contributed by atoms with Gasteiger partial charge in [-0.25, -0.2) is 9.18 Å². The van der Waals surface area contributed by atoms with Crippen molar-refractivity contribution < 1.29 is 70.5 Å². The number of carbonyl (C=O) groups excluding carboxylic acids is 1. The third-order valence-electron chi connectivity index (χ3n) is 3.78. The van der Waals surface area contributed by atoms with Gasteiger partial charge in [-0.3, -0.25) is 9.36 Å². The number of nitrogen functional groups attached to an aromatic ring is 1. The van der Waals surface area contributed by atoms with E-state index in [1.165, 1.54) is 6.20 Å². The fourth-order valence-electron chi connectivity index (χ4n) is 2.13. The summed E-state index contributed by atoms with van der Waals surface area (Å²) in [7, 11) is -5.25. The first-order valence-electron chi connectivity index (χ1n) is 7.52. The fraction of sp³-hybridized carbons (Fsp3) is 0.500. The SMILES string of the molecule is CC(C)C(=O)OC[C@]1(COP(=O)([O-])[O-])C/C1=C/n1cc(F)c(N)nc1=O.[Li+].[Li+]. The first-order valence-corrected chi connectivity index (χ1v) is 8.98. The molecule has 1 fully saturated rings. The summed E-state index contributed by atoms with van der Waals surface area (Å²) in [5, 5.41) is 0. The molecular formula is C14H17FLi2N3O7P.